The van der Waals surface area contributed by atoms with Crippen LogP contribution in [0.1, 0.15) is 18.1 Å². The number of anilines is 1. The van der Waals surface area contributed by atoms with Crippen LogP contribution in [0.4, 0.5) is 18.9 Å². The molecule has 21 heavy (non-hydrogen) atoms. The first kappa shape index (κ1) is 15.4. The number of hydrogen-bond donors (Lipinski definition) is 1. The third kappa shape index (κ3) is 3.98. The summed E-state index contributed by atoms with van der Waals surface area (Å²) < 4.78 is 38.0. The molecule has 1 N–H and O–H groups in total. The maximum atomic E-state index is 12.7. The van der Waals surface area contributed by atoms with Gasteiger partial charge in [-0.15, -0.1) is 0 Å². The monoisotopic (exact) mass is 312 g/mol. The van der Waals surface area contributed by atoms with E-state index in [0.717, 1.165) is 17.7 Å². The predicted molar refractivity (Wildman–Crippen MR) is 78.7 cm³/mol. The summed E-state index contributed by atoms with van der Waals surface area (Å²) in [5.74, 6) is 0. The Morgan fingerprint density at radius 1 is 1.10 bits per heavy atom. The van der Waals surface area contributed by atoms with Gasteiger partial charge in [0.1, 0.15) is 0 Å². The molecule has 2 nitrogen and oxygen atoms in total. The Hall–Kier alpha value is -2.01. The predicted octanol–water partition coefficient (Wildman–Crippen LogP) is 5.19. The second-order valence-corrected chi connectivity index (χ2v) is 4.77. The molecule has 0 aliphatic rings. The Balaban J connectivity index is 2.24. The van der Waals surface area contributed by atoms with Crippen molar-refractivity contribution >= 4 is 23.0 Å². The fourth-order valence-electron chi connectivity index (χ4n) is 1.68. The van der Waals surface area contributed by atoms with Gasteiger partial charge in [0.2, 0.25) is 0 Å². The van der Waals surface area contributed by atoms with Crippen molar-refractivity contribution in [2.45, 2.75) is 13.1 Å². The van der Waals surface area contributed by atoms with Crippen molar-refractivity contribution in [3.8, 4) is 0 Å². The smallest absolute Gasteiger partial charge is 0.277 e. The van der Waals surface area contributed by atoms with Gasteiger partial charge >= 0.3 is 6.18 Å². The van der Waals surface area contributed by atoms with E-state index >= 15 is 0 Å². The second kappa shape index (κ2) is 6.18. The van der Waals surface area contributed by atoms with Gasteiger partial charge in [0.25, 0.3) is 0 Å². The highest BCUT2D eigenvalue weighted by Gasteiger charge is 2.30. The van der Waals surface area contributed by atoms with E-state index in [0.29, 0.717) is 5.71 Å². The normalized spacial score (nSPS) is 12.3. The average Bonchev–Trinajstić information content (AvgIpc) is 2.45. The lowest BCUT2D eigenvalue weighted by molar-refractivity contribution is -0.137. The Labute approximate surface area is 125 Å². The van der Waals surface area contributed by atoms with E-state index in [1.807, 2.05) is 30.3 Å². The Morgan fingerprint density at radius 3 is 2.38 bits per heavy atom. The molecular formula is C15H12ClF3N2. The number of benzene rings is 2. The first-order valence-corrected chi connectivity index (χ1v) is 6.48. The first-order chi connectivity index (χ1) is 9.88. The zero-order valence-corrected chi connectivity index (χ0v) is 11.8. The van der Waals surface area contributed by atoms with E-state index in [1.54, 1.807) is 6.92 Å². The molecule has 0 spiro atoms. The molecule has 6 heteroatoms. The summed E-state index contributed by atoms with van der Waals surface area (Å²) in [5.41, 5.74) is 3.43. The molecule has 0 amide bonds. The summed E-state index contributed by atoms with van der Waals surface area (Å²) in [4.78, 5) is 0. The summed E-state index contributed by atoms with van der Waals surface area (Å²) in [6.07, 6.45) is -4.42. The second-order valence-electron chi connectivity index (χ2n) is 4.37. The zero-order valence-electron chi connectivity index (χ0n) is 11.1. The lowest BCUT2D eigenvalue weighted by Gasteiger charge is -2.10. The molecule has 0 aliphatic heterocycles. The maximum Gasteiger partial charge on any atom is 0.416 e. The molecule has 0 heterocycles. The molecule has 0 saturated heterocycles. The largest absolute Gasteiger partial charge is 0.416 e. The number of nitrogens with zero attached hydrogens (tertiary/aromatic N) is 1. The molecule has 2 aromatic rings. The molecule has 0 unspecified atom stereocenters. The van der Waals surface area contributed by atoms with Crippen molar-refractivity contribution in [3.05, 3.63) is 64.7 Å². The zero-order chi connectivity index (χ0) is 15.5. The Kier molecular flexibility index (Phi) is 4.53. The van der Waals surface area contributed by atoms with E-state index in [2.05, 4.69) is 10.5 Å². The minimum Gasteiger partial charge on any atom is -0.277 e. The van der Waals surface area contributed by atoms with Crippen LogP contribution in [0.25, 0.3) is 0 Å². The standard InChI is InChI=1S/C15H12ClF3N2/c1-10(11-5-3-2-4-6-11)20-21-14-9-12(15(17,18)19)7-8-13(14)16/h2-9,21H,1H3/b20-10+. The molecule has 0 bridgehead atoms. The summed E-state index contributed by atoms with van der Waals surface area (Å²) >= 11 is 5.88. The van der Waals surface area contributed by atoms with Gasteiger partial charge in [-0.05, 0) is 30.7 Å². The summed E-state index contributed by atoms with van der Waals surface area (Å²) in [6.45, 7) is 1.75. The lowest BCUT2D eigenvalue weighted by atomic mass is 10.1. The van der Waals surface area contributed by atoms with Gasteiger partial charge < -0.3 is 0 Å². The molecule has 0 aromatic heterocycles. The molecule has 0 saturated carbocycles. The van der Waals surface area contributed by atoms with Gasteiger partial charge in [0.05, 0.1) is 22.0 Å². The first-order valence-electron chi connectivity index (χ1n) is 6.10. The topological polar surface area (TPSA) is 24.4 Å². The van der Waals surface area contributed by atoms with Gasteiger partial charge in [0.15, 0.2) is 0 Å². The lowest BCUT2D eigenvalue weighted by Crippen LogP contribution is -2.06. The summed E-state index contributed by atoms with van der Waals surface area (Å²) in [5, 5.41) is 4.24. The number of rotatable bonds is 3. The quantitative estimate of drug-likeness (QED) is 0.611. The van der Waals surface area contributed by atoms with Gasteiger partial charge in [-0.3, -0.25) is 5.43 Å². The van der Waals surface area contributed by atoms with Crippen LogP contribution in [-0.2, 0) is 6.18 Å². The van der Waals surface area contributed by atoms with Crippen LogP contribution in [0.5, 0.6) is 0 Å². The van der Waals surface area contributed by atoms with Crippen LogP contribution >= 0.6 is 11.6 Å². The minimum absolute atomic E-state index is 0.113. The highest BCUT2D eigenvalue weighted by Crippen LogP contribution is 2.33. The SMILES string of the molecule is C/C(=N\Nc1cc(C(F)(F)F)ccc1Cl)c1ccccc1. The number of halogens is 4. The van der Waals surface area contributed by atoms with Crippen molar-refractivity contribution in [3.63, 3.8) is 0 Å². The molecule has 2 aromatic carbocycles. The molecule has 0 atom stereocenters. The van der Waals surface area contributed by atoms with Crippen molar-refractivity contribution in [1.82, 2.24) is 0 Å². The van der Waals surface area contributed by atoms with Crippen molar-refractivity contribution < 1.29 is 13.2 Å². The van der Waals surface area contributed by atoms with Gasteiger partial charge in [0, 0.05) is 0 Å². The van der Waals surface area contributed by atoms with Crippen molar-refractivity contribution in [2.24, 2.45) is 5.10 Å². The third-order valence-electron chi connectivity index (χ3n) is 2.83. The van der Waals surface area contributed by atoms with Crippen molar-refractivity contribution in [2.75, 3.05) is 5.43 Å². The number of hydrogen-bond acceptors (Lipinski definition) is 2. The highest BCUT2D eigenvalue weighted by atomic mass is 35.5. The molecule has 0 fully saturated rings. The molecule has 0 radical (unpaired) electrons. The van der Waals surface area contributed by atoms with Gasteiger partial charge in [-0.25, -0.2) is 0 Å². The molecule has 2 rings (SSSR count). The van der Waals surface area contributed by atoms with E-state index in [1.165, 1.54) is 6.07 Å². The fourth-order valence-corrected chi connectivity index (χ4v) is 1.84. The molecular weight excluding hydrogens is 301 g/mol. The van der Waals surface area contributed by atoms with Crippen LogP contribution in [-0.4, -0.2) is 5.71 Å². The van der Waals surface area contributed by atoms with Crippen LogP contribution in [0.3, 0.4) is 0 Å². The summed E-state index contributed by atoms with van der Waals surface area (Å²) in [6, 6.07) is 12.3. The fraction of sp³-hybridized carbons (Fsp3) is 0.133. The van der Waals surface area contributed by atoms with E-state index < -0.39 is 11.7 Å². The highest BCUT2D eigenvalue weighted by molar-refractivity contribution is 6.33. The Morgan fingerprint density at radius 2 is 1.76 bits per heavy atom. The number of hydrazone groups is 1. The summed E-state index contributed by atoms with van der Waals surface area (Å²) in [7, 11) is 0. The van der Waals surface area contributed by atoms with Crippen LogP contribution < -0.4 is 5.43 Å². The van der Waals surface area contributed by atoms with Gasteiger partial charge in [-0.1, -0.05) is 41.9 Å². The van der Waals surface area contributed by atoms with Gasteiger partial charge in [-0.2, -0.15) is 18.3 Å². The van der Waals surface area contributed by atoms with Crippen LogP contribution in [0, 0.1) is 0 Å². The van der Waals surface area contributed by atoms with E-state index in [-0.39, 0.29) is 10.7 Å². The third-order valence-corrected chi connectivity index (χ3v) is 3.16. The number of nitrogens with one attached hydrogen (secondary N) is 1. The molecule has 0 aliphatic carbocycles. The van der Waals surface area contributed by atoms with Crippen LogP contribution in [0.2, 0.25) is 5.02 Å². The average molecular weight is 313 g/mol. The van der Waals surface area contributed by atoms with Crippen LogP contribution in [0.15, 0.2) is 53.6 Å². The van der Waals surface area contributed by atoms with E-state index in [4.69, 9.17) is 11.6 Å². The molecule has 110 valence electrons. The van der Waals surface area contributed by atoms with Crippen molar-refractivity contribution in [1.29, 1.82) is 0 Å². The maximum absolute atomic E-state index is 12.7. The number of alkyl halides is 3. The Bertz CT molecular complexity index is 652. The van der Waals surface area contributed by atoms with E-state index in [9.17, 15) is 13.2 Å². The minimum atomic E-state index is -4.42.